The van der Waals surface area contributed by atoms with Crippen molar-refractivity contribution in [1.29, 1.82) is 0 Å². The fraction of sp³-hybridized carbons (Fsp3) is 0.0625. The van der Waals surface area contributed by atoms with Crippen LogP contribution in [0.3, 0.4) is 0 Å². The number of allylic oxidation sites excluding steroid dienone is 4. The molecule has 0 atom stereocenters. The van der Waals surface area contributed by atoms with Crippen LogP contribution in [-0.4, -0.2) is 24.9 Å². The zero-order chi connectivity index (χ0) is 16.9. The van der Waals surface area contributed by atoms with Gasteiger partial charge in [0.05, 0.1) is 11.9 Å². The molecule has 0 spiro atoms. The van der Waals surface area contributed by atoms with Gasteiger partial charge in [0.2, 0.25) is 10.0 Å². The highest BCUT2D eigenvalue weighted by Gasteiger charge is 2.12. The molecule has 23 heavy (non-hydrogen) atoms. The first-order chi connectivity index (χ1) is 10.9. The number of sulfonamides is 1. The van der Waals surface area contributed by atoms with E-state index >= 15 is 0 Å². The molecular formula is C16H18N4O2S. The predicted octanol–water partition coefficient (Wildman–Crippen LogP) is 2.49. The van der Waals surface area contributed by atoms with Crippen LogP contribution in [-0.2, 0) is 10.0 Å². The molecule has 4 N–H and O–H groups in total. The zero-order valence-corrected chi connectivity index (χ0v) is 13.5. The Hall–Kier alpha value is -2.80. The molecule has 0 aliphatic carbocycles. The second-order valence-electron chi connectivity index (χ2n) is 4.82. The Balaban J connectivity index is 2.48. The summed E-state index contributed by atoms with van der Waals surface area (Å²) in [6.07, 6.45) is 9.52. The lowest BCUT2D eigenvalue weighted by molar-refractivity contribution is 0.607. The number of H-pyrrole nitrogens is 1. The maximum Gasteiger partial charge on any atom is 0.229 e. The van der Waals surface area contributed by atoms with Gasteiger partial charge in [-0.1, -0.05) is 30.9 Å². The smallest absolute Gasteiger partial charge is 0.229 e. The lowest BCUT2D eigenvalue weighted by atomic mass is 10.0. The van der Waals surface area contributed by atoms with E-state index in [1.807, 2.05) is 12.1 Å². The van der Waals surface area contributed by atoms with Crippen LogP contribution in [0.4, 0.5) is 5.69 Å². The second-order valence-corrected chi connectivity index (χ2v) is 6.57. The molecule has 0 fully saturated rings. The number of nitrogens with two attached hydrogens (primary N) is 1. The van der Waals surface area contributed by atoms with Crippen LogP contribution in [0.1, 0.15) is 5.56 Å². The van der Waals surface area contributed by atoms with Gasteiger partial charge in [-0.2, -0.15) is 5.10 Å². The summed E-state index contributed by atoms with van der Waals surface area (Å²) in [6.45, 7) is 3.69. The molecule has 0 aliphatic rings. The van der Waals surface area contributed by atoms with Crippen molar-refractivity contribution in [2.45, 2.75) is 0 Å². The van der Waals surface area contributed by atoms with Gasteiger partial charge in [-0.15, -0.1) is 0 Å². The molecule has 0 saturated heterocycles. The van der Waals surface area contributed by atoms with Crippen molar-refractivity contribution in [2.24, 2.45) is 5.73 Å². The van der Waals surface area contributed by atoms with Gasteiger partial charge in [0.25, 0.3) is 0 Å². The Labute approximate surface area is 135 Å². The highest BCUT2D eigenvalue weighted by molar-refractivity contribution is 7.92. The van der Waals surface area contributed by atoms with Gasteiger partial charge < -0.3 is 5.73 Å². The average Bonchev–Trinajstić information content (AvgIpc) is 2.95. The van der Waals surface area contributed by atoms with Gasteiger partial charge >= 0.3 is 0 Å². The monoisotopic (exact) mass is 330 g/mol. The largest absolute Gasteiger partial charge is 0.405 e. The lowest BCUT2D eigenvalue weighted by Gasteiger charge is -2.07. The maximum atomic E-state index is 11.4. The Bertz CT molecular complexity index is 864. The van der Waals surface area contributed by atoms with Crippen molar-refractivity contribution in [3.8, 4) is 11.3 Å². The van der Waals surface area contributed by atoms with Crippen molar-refractivity contribution in [2.75, 3.05) is 11.0 Å². The zero-order valence-electron chi connectivity index (χ0n) is 12.7. The summed E-state index contributed by atoms with van der Waals surface area (Å²) >= 11 is 0. The van der Waals surface area contributed by atoms with Crippen LogP contribution < -0.4 is 10.5 Å². The minimum Gasteiger partial charge on any atom is -0.405 e. The van der Waals surface area contributed by atoms with Crippen molar-refractivity contribution in [1.82, 2.24) is 10.2 Å². The maximum absolute atomic E-state index is 11.4. The van der Waals surface area contributed by atoms with Crippen molar-refractivity contribution >= 4 is 21.3 Å². The van der Waals surface area contributed by atoms with Crippen LogP contribution >= 0.6 is 0 Å². The molecule has 1 aromatic heterocycles. The van der Waals surface area contributed by atoms with E-state index in [-0.39, 0.29) is 0 Å². The van der Waals surface area contributed by atoms with Crippen LogP contribution in [0.2, 0.25) is 0 Å². The SMILES string of the molecule is C=C/C=C(\C=C/N)c1c[nH]nc1-c1cccc(NS(C)(=O)=O)c1. The minimum absolute atomic E-state index is 0.475. The first-order valence-electron chi connectivity index (χ1n) is 6.78. The molecule has 1 heterocycles. The molecule has 0 unspecified atom stereocenters. The molecule has 7 heteroatoms. The summed E-state index contributed by atoms with van der Waals surface area (Å²) < 4.78 is 25.2. The Morgan fingerprint density at radius 3 is 2.87 bits per heavy atom. The summed E-state index contributed by atoms with van der Waals surface area (Å²) in [5, 5.41) is 7.08. The van der Waals surface area contributed by atoms with Crippen LogP contribution in [0.15, 0.2) is 61.5 Å². The quantitative estimate of drug-likeness (QED) is 0.708. The molecule has 2 aromatic rings. The van der Waals surface area contributed by atoms with Crippen LogP contribution in [0.25, 0.3) is 16.8 Å². The van der Waals surface area contributed by atoms with E-state index in [2.05, 4.69) is 21.5 Å². The number of aromatic amines is 1. The standard InChI is InChI=1S/C16H18N4O2S/c1-3-5-12(8-9-17)15-11-18-19-16(15)13-6-4-7-14(10-13)20-23(2,21)22/h3-11,20H,1,17H2,2H3,(H,18,19)/b9-8-,12-5+. The molecule has 0 aliphatic heterocycles. The van der Waals surface area contributed by atoms with Crippen molar-refractivity contribution in [3.05, 3.63) is 67.0 Å². The second kappa shape index (κ2) is 6.97. The highest BCUT2D eigenvalue weighted by Crippen LogP contribution is 2.29. The Morgan fingerprint density at radius 1 is 1.43 bits per heavy atom. The lowest BCUT2D eigenvalue weighted by Crippen LogP contribution is -2.09. The Morgan fingerprint density at radius 2 is 2.22 bits per heavy atom. The topological polar surface area (TPSA) is 101 Å². The number of rotatable bonds is 6. The summed E-state index contributed by atoms with van der Waals surface area (Å²) in [5.41, 5.74) is 9.10. The summed E-state index contributed by atoms with van der Waals surface area (Å²) in [6, 6.07) is 7.01. The summed E-state index contributed by atoms with van der Waals surface area (Å²) in [5.74, 6) is 0. The molecule has 2 rings (SSSR count). The van der Waals surface area contributed by atoms with Gasteiger partial charge in [-0.05, 0) is 30.0 Å². The number of anilines is 1. The number of benzene rings is 1. The van der Waals surface area contributed by atoms with Crippen molar-refractivity contribution in [3.63, 3.8) is 0 Å². The number of nitrogens with one attached hydrogen (secondary N) is 2. The first kappa shape index (κ1) is 16.6. The van der Waals surface area contributed by atoms with E-state index in [4.69, 9.17) is 5.73 Å². The molecule has 0 saturated carbocycles. The normalized spacial score (nSPS) is 12.5. The first-order valence-corrected chi connectivity index (χ1v) is 8.67. The molecule has 6 nitrogen and oxygen atoms in total. The molecular weight excluding hydrogens is 312 g/mol. The number of nitrogens with zero attached hydrogens (tertiary/aromatic N) is 1. The van der Waals surface area contributed by atoms with E-state index in [9.17, 15) is 8.42 Å². The third-order valence-corrected chi connectivity index (χ3v) is 3.57. The fourth-order valence-electron chi connectivity index (χ4n) is 2.14. The van der Waals surface area contributed by atoms with Gasteiger partial charge in [-0.3, -0.25) is 9.82 Å². The Kier molecular flexibility index (Phi) is 5.02. The van der Waals surface area contributed by atoms with Gasteiger partial charge in [0.1, 0.15) is 0 Å². The van der Waals surface area contributed by atoms with E-state index in [0.717, 1.165) is 23.0 Å². The molecule has 0 bridgehead atoms. The van der Waals surface area contributed by atoms with Crippen molar-refractivity contribution < 1.29 is 8.42 Å². The summed E-state index contributed by atoms with van der Waals surface area (Å²) in [7, 11) is -3.34. The highest BCUT2D eigenvalue weighted by atomic mass is 32.2. The minimum atomic E-state index is -3.34. The summed E-state index contributed by atoms with van der Waals surface area (Å²) in [4.78, 5) is 0. The van der Waals surface area contributed by atoms with Crippen LogP contribution in [0.5, 0.6) is 0 Å². The molecule has 120 valence electrons. The number of hydrogen-bond acceptors (Lipinski definition) is 4. The predicted molar refractivity (Wildman–Crippen MR) is 94.0 cm³/mol. The van der Waals surface area contributed by atoms with E-state index < -0.39 is 10.0 Å². The van der Waals surface area contributed by atoms with E-state index in [1.165, 1.54) is 6.20 Å². The van der Waals surface area contributed by atoms with Gasteiger partial charge in [-0.25, -0.2) is 8.42 Å². The molecule has 0 radical (unpaired) electrons. The van der Waals surface area contributed by atoms with E-state index in [1.54, 1.807) is 36.5 Å². The third kappa shape index (κ3) is 4.33. The van der Waals surface area contributed by atoms with Gasteiger partial charge in [0, 0.05) is 23.0 Å². The number of aromatic nitrogens is 2. The molecule has 0 amide bonds. The third-order valence-electron chi connectivity index (χ3n) is 2.96. The fourth-order valence-corrected chi connectivity index (χ4v) is 2.69. The average molecular weight is 330 g/mol. The van der Waals surface area contributed by atoms with Crippen LogP contribution in [0, 0.1) is 0 Å². The number of hydrogen-bond donors (Lipinski definition) is 3. The van der Waals surface area contributed by atoms with Gasteiger partial charge in [0.15, 0.2) is 0 Å². The van der Waals surface area contributed by atoms with E-state index in [0.29, 0.717) is 11.4 Å². The molecule has 1 aromatic carbocycles.